The number of allylic oxidation sites excluding steroid dienone is 16. The molecule has 0 fully saturated rings. The van der Waals surface area contributed by atoms with Crippen LogP contribution < -0.4 is 0 Å². The number of esters is 3. The minimum Gasteiger partial charge on any atom is -0.462 e. The topological polar surface area (TPSA) is 78.9 Å². The molecule has 0 aromatic carbocycles. The lowest BCUT2D eigenvalue weighted by Crippen LogP contribution is -2.30. The quantitative estimate of drug-likeness (QED) is 0.0262. The number of carbonyl (C=O) groups excluding carboxylic acids is 3. The van der Waals surface area contributed by atoms with E-state index in [4.69, 9.17) is 14.2 Å². The maximum absolute atomic E-state index is 12.8. The third-order valence-electron chi connectivity index (χ3n) is 11.0. The Hall–Kier alpha value is -3.67. The van der Waals surface area contributed by atoms with Crippen molar-refractivity contribution in [1.29, 1.82) is 0 Å². The molecule has 6 heteroatoms. The van der Waals surface area contributed by atoms with E-state index >= 15 is 0 Å². The first-order valence-corrected chi connectivity index (χ1v) is 26.7. The van der Waals surface area contributed by atoms with E-state index < -0.39 is 6.10 Å². The van der Waals surface area contributed by atoms with Crippen molar-refractivity contribution < 1.29 is 28.6 Å². The second-order valence-corrected chi connectivity index (χ2v) is 17.4. The SMILES string of the molecule is CC/C=C\C/C=C\C/C=C\C/C=C\CCCCCCC(=O)OCC(COC(=O)CCCCCCC/C=C\CCCCCCCC)OC(=O)CCCC/C=C\C/C=C\C/C=C\CCCCC. The van der Waals surface area contributed by atoms with Crippen molar-refractivity contribution in [3.8, 4) is 0 Å². The van der Waals surface area contributed by atoms with Gasteiger partial charge in [0.1, 0.15) is 13.2 Å². The molecule has 0 aromatic heterocycles. The molecule has 0 N–H and O–H groups in total. The Morgan fingerprint density at radius 3 is 1.02 bits per heavy atom. The summed E-state index contributed by atoms with van der Waals surface area (Å²) < 4.78 is 16.8. The fourth-order valence-corrected chi connectivity index (χ4v) is 7.02. The fourth-order valence-electron chi connectivity index (χ4n) is 7.02. The summed E-state index contributed by atoms with van der Waals surface area (Å²) in [5, 5.41) is 0. The first kappa shape index (κ1) is 61.3. The van der Waals surface area contributed by atoms with Crippen molar-refractivity contribution in [3.05, 3.63) is 97.2 Å². The summed E-state index contributed by atoms with van der Waals surface area (Å²) in [6.45, 7) is 6.42. The molecule has 0 aliphatic carbocycles. The van der Waals surface area contributed by atoms with Gasteiger partial charge in [0, 0.05) is 19.3 Å². The summed E-state index contributed by atoms with van der Waals surface area (Å²) in [5.74, 6) is -0.979. The second kappa shape index (κ2) is 52.9. The number of unbranched alkanes of at least 4 members (excludes halogenated alkanes) is 20. The highest BCUT2D eigenvalue weighted by Crippen LogP contribution is 2.13. The smallest absolute Gasteiger partial charge is 0.306 e. The molecule has 0 rings (SSSR count). The fraction of sp³-hybridized carbons (Fsp3) is 0.678. The summed E-state index contributed by atoms with van der Waals surface area (Å²) in [5.41, 5.74) is 0. The Morgan fingerprint density at radius 1 is 0.323 bits per heavy atom. The van der Waals surface area contributed by atoms with Crippen LogP contribution in [-0.2, 0) is 28.6 Å². The van der Waals surface area contributed by atoms with Gasteiger partial charge in [-0.05, 0) is 122 Å². The summed E-state index contributed by atoms with van der Waals surface area (Å²) in [6, 6.07) is 0. The number of rotatable bonds is 47. The van der Waals surface area contributed by atoms with Gasteiger partial charge in [-0.25, -0.2) is 0 Å². The highest BCUT2D eigenvalue weighted by molar-refractivity contribution is 5.71. The van der Waals surface area contributed by atoms with Gasteiger partial charge in [-0.1, -0.05) is 195 Å². The van der Waals surface area contributed by atoms with Gasteiger partial charge in [-0.3, -0.25) is 14.4 Å². The third-order valence-corrected chi connectivity index (χ3v) is 11.0. The first-order chi connectivity index (χ1) is 32.0. The number of hydrogen-bond donors (Lipinski definition) is 0. The van der Waals surface area contributed by atoms with Crippen LogP contribution in [0.1, 0.15) is 239 Å². The van der Waals surface area contributed by atoms with Crippen LogP contribution in [-0.4, -0.2) is 37.2 Å². The molecule has 6 nitrogen and oxygen atoms in total. The van der Waals surface area contributed by atoms with E-state index in [1.807, 2.05) is 0 Å². The van der Waals surface area contributed by atoms with Gasteiger partial charge in [0.05, 0.1) is 0 Å². The van der Waals surface area contributed by atoms with E-state index in [-0.39, 0.29) is 37.5 Å². The van der Waals surface area contributed by atoms with Gasteiger partial charge in [-0.2, -0.15) is 0 Å². The van der Waals surface area contributed by atoms with Crippen LogP contribution in [0, 0.1) is 0 Å². The Kier molecular flexibility index (Phi) is 50.0. The van der Waals surface area contributed by atoms with Crippen LogP contribution in [0.2, 0.25) is 0 Å². The zero-order valence-electron chi connectivity index (χ0n) is 42.2. The highest BCUT2D eigenvalue weighted by atomic mass is 16.6. The Labute approximate surface area is 400 Å². The van der Waals surface area contributed by atoms with Crippen LogP contribution in [0.3, 0.4) is 0 Å². The number of hydrogen-bond acceptors (Lipinski definition) is 6. The van der Waals surface area contributed by atoms with Crippen LogP contribution >= 0.6 is 0 Å². The highest BCUT2D eigenvalue weighted by Gasteiger charge is 2.19. The van der Waals surface area contributed by atoms with Crippen molar-refractivity contribution in [2.75, 3.05) is 13.2 Å². The average molecular weight is 903 g/mol. The zero-order valence-corrected chi connectivity index (χ0v) is 42.2. The third kappa shape index (κ3) is 51.2. The molecular formula is C59H98O6. The van der Waals surface area contributed by atoms with Gasteiger partial charge >= 0.3 is 17.9 Å². The molecule has 0 bridgehead atoms. The Morgan fingerprint density at radius 2 is 0.600 bits per heavy atom. The molecule has 0 aromatic rings. The van der Waals surface area contributed by atoms with E-state index in [2.05, 4.69) is 118 Å². The lowest BCUT2D eigenvalue weighted by atomic mass is 10.1. The Balaban J connectivity index is 4.51. The first-order valence-electron chi connectivity index (χ1n) is 26.7. The monoisotopic (exact) mass is 903 g/mol. The van der Waals surface area contributed by atoms with Crippen molar-refractivity contribution in [1.82, 2.24) is 0 Å². The molecule has 0 saturated heterocycles. The van der Waals surface area contributed by atoms with Gasteiger partial charge in [0.15, 0.2) is 6.10 Å². The molecule has 370 valence electrons. The van der Waals surface area contributed by atoms with Gasteiger partial charge < -0.3 is 14.2 Å². The number of ether oxygens (including phenoxy) is 3. The molecule has 0 spiro atoms. The maximum atomic E-state index is 12.8. The summed E-state index contributed by atoms with van der Waals surface area (Å²) >= 11 is 0. The predicted molar refractivity (Wildman–Crippen MR) is 279 cm³/mol. The minimum atomic E-state index is -0.812. The molecule has 0 heterocycles. The molecule has 0 aliphatic heterocycles. The van der Waals surface area contributed by atoms with E-state index in [1.54, 1.807) is 0 Å². The van der Waals surface area contributed by atoms with Crippen molar-refractivity contribution >= 4 is 17.9 Å². The summed E-state index contributed by atoms with van der Waals surface area (Å²) in [7, 11) is 0. The lowest BCUT2D eigenvalue weighted by molar-refractivity contribution is -0.167. The van der Waals surface area contributed by atoms with Crippen molar-refractivity contribution in [3.63, 3.8) is 0 Å². The normalized spacial score (nSPS) is 12.8. The van der Waals surface area contributed by atoms with E-state index in [9.17, 15) is 14.4 Å². The van der Waals surface area contributed by atoms with E-state index in [0.717, 1.165) is 116 Å². The molecular weight excluding hydrogens is 805 g/mol. The standard InChI is InChI=1S/C59H98O6/c1-4-7-10-13-16-19-22-25-28-29-32-34-37-40-43-46-49-52-58(61)64-55-56(65-59(62)53-50-47-44-41-38-35-31-27-24-21-18-15-12-9-6-3)54-63-57(60)51-48-45-42-39-36-33-30-26-23-20-17-14-11-8-5-2/h7,10,16,18-19,21,25-28,30-32,34,38,41,56H,4-6,8-9,11-15,17,20,22-24,29,33,35-37,39-40,42-55H2,1-3H3/b10-7-,19-16-,21-18-,28-25-,30-26-,31-27-,34-32-,41-38-. The van der Waals surface area contributed by atoms with E-state index in [0.29, 0.717) is 19.3 Å². The average Bonchev–Trinajstić information content (AvgIpc) is 3.30. The molecule has 0 amide bonds. The second-order valence-electron chi connectivity index (χ2n) is 17.4. The zero-order chi connectivity index (χ0) is 47.2. The van der Waals surface area contributed by atoms with Crippen molar-refractivity contribution in [2.45, 2.75) is 245 Å². The van der Waals surface area contributed by atoms with Gasteiger partial charge in [0.2, 0.25) is 0 Å². The van der Waals surface area contributed by atoms with Crippen LogP contribution in [0.4, 0.5) is 0 Å². The number of carbonyl (C=O) groups is 3. The minimum absolute atomic E-state index is 0.106. The molecule has 1 atom stereocenters. The summed E-state index contributed by atoms with van der Waals surface area (Å²) in [4.78, 5) is 38.0. The molecule has 1 unspecified atom stereocenters. The lowest BCUT2D eigenvalue weighted by Gasteiger charge is -2.18. The van der Waals surface area contributed by atoms with Crippen LogP contribution in [0.25, 0.3) is 0 Å². The largest absolute Gasteiger partial charge is 0.462 e. The van der Waals surface area contributed by atoms with Gasteiger partial charge in [0.25, 0.3) is 0 Å². The van der Waals surface area contributed by atoms with Crippen LogP contribution in [0.15, 0.2) is 97.2 Å². The van der Waals surface area contributed by atoms with Crippen LogP contribution in [0.5, 0.6) is 0 Å². The molecule has 0 radical (unpaired) electrons. The van der Waals surface area contributed by atoms with Gasteiger partial charge in [-0.15, -0.1) is 0 Å². The predicted octanol–water partition coefficient (Wildman–Crippen LogP) is 17.8. The Bertz CT molecular complexity index is 1310. The molecule has 65 heavy (non-hydrogen) atoms. The molecule has 0 saturated carbocycles. The maximum Gasteiger partial charge on any atom is 0.306 e. The van der Waals surface area contributed by atoms with Crippen molar-refractivity contribution in [2.24, 2.45) is 0 Å². The summed E-state index contributed by atoms with van der Waals surface area (Å²) in [6.07, 6.45) is 69.6. The molecule has 0 aliphatic rings. The van der Waals surface area contributed by atoms with E-state index in [1.165, 1.54) is 77.0 Å².